The molecule has 6 aromatic carbocycles. The van der Waals surface area contributed by atoms with E-state index < -0.39 is 9.49 Å². The Bertz CT molecular complexity index is 1890. The van der Waals surface area contributed by atoms with Crippen molar-refractivity contribution in [2.75, 3.05) is 44.8 Å². The first-order valence-corrected chi connectivity index (χ1v) is 22.2. The smallest absolute Gasteiger partial charge is 0.305 e. The van der Waals surface area contributed by atoms with Crippen molar-refractivity contribution >= 4 is 35.4 Å². The number of methoxy groups -OCH3 is 1. The monoisotopic (exact) mass is 806 g/mol. The van der Waals surface area contributed by atoms with E-state index in [-0.39, 0.29) is 11.9 Å². The number of carbonyl (C=O) groups excluding carboxylic acids is 2. The number of unbranched alkanes of at least 4 members (excludes halogenated alkanes) is 2. The minimum absolute atomic E-state index is 0.0188. The maximum Gasteiger partial charge on any atom is 0.305 e. The van der Waals surface area contributed by atoms with E-state index in [1.807, 2.05) is 23.5 Å². The summed E-state index contributed by atoms with van der Waals surface area (Å²) in [6.07, 6.45) is 2.96. The van der Waals surface area contributed by atoms with Gasteiger partial charge in [0.25, 0.3) is 0 Å². The van der Waals surface area contributed by atoms with Gasteiger partial charge < -0.3 is 10.1 Å². The molecule has 58 heavy (non-hydrogen) atoms. The number of nitrogens with one attached hydrogen (secondary N) is 1. The highest BCUT2D eigenvalue weighted by atomic mass is 32.2. The van der Waals surface area contributed by atoms with Crippen molar-refractivity contribution in [3.8, 4) is 0 Å². The van der Waals surface area contributed by atoms with E-state index in [0.717, 1.165) is 43.9 Å². The Balaban J connectivity index is 1.17. The van der Waals surface area contributed by atoms with Crippen LogP contribution in [0.15, 0.2) is 182 Å². The molecule has 0 aliphatic carbocycles. The van der Waals surface area contributed by atoms with Crippen LogP contribution in [0, 0.1) is 0 Å². The molecule has 7 heteroatoms. The Morgan fingerprint density at radius 1 is 0.500 bits per heavy atom. The minimum atomic E-state index is -0.440. The predicted octanol–water partition coefficient (Wildman–Crippen LogP) is 10.6. The molecule has 6 aromatic rings. The summed E-state index contributed by atoms with van der Waals surface area (Å²) in [7, 11) is 1.43. The van der Waals surface area contributed by atoms with Gasteiger partial charge in [-0.2, -0.15) is 0 Å². The van der Waals surface area contributed by atoms with Gasteiger partial charge >= 0.3 is 5.97 Å². The third-order valence-electron chi connectivity index (χ3n) is 10.5. The molecule has 0 fully saturated rings. The van der Waals surface area contributed by atoms with Crippen LogP contribution < -0.4 is 5.32 Å². The first kappa shape index (κ1) is 42.5. The molecule has 0 aliphatic rings. The summed E-state index contributed by atoms with van der Waals surface area (Å²) < 4.78 is 3.99. The number of hydrogen-bond donors (Lipinski definition) is 1. The second kappa shape index (κ2) is 22.2. The Labute approximate surface area is 353 Å². The first-order valence-electron chi connectivity index (χ1n) is 20.2. The lowest BCUT2D eigenvalue weighted by Gasteiger charge is -2.36. The van der Waals surface area contributed by atoms with Crippen LogP contribution in [0.5, 0.6) is 0 Å². The average molecular weight is 807 g/mol. The molecule has 1 N–H and O–H groups in total. The number of benzene rings is 6. The van der Waals surface area contributed by atoms with Crippen molar-refractivity contribution < 1.29 is 14.3 Å². The van der Waals surface area contributed by atoms with Crippen LogP contribution in [0.4, 0.5) is 0 Å². The number of hydrogen-bond acceptors (Lipinski definition) is 6. The van der Waals surface area contributed by atoms with Crippen LogP contribution in [0.1, 0.15) is 59.1 Å². The van der Waals surface area contributed by atoms with Crippen molar-refractivity contribution in [3.63, 3.8) is 0 Å². The Hall–Kier alpha value is -5.08. The Morgan fingerprint density at radius 3 is 1.22 bits per heavy atom. The molecule has 0 radical (unpaired) electrons. The molecular weight excluding hydrogens is 753 g/mol. The number of rotatable bonds is 22. The predicted molar refractivity (Wildman–Crippen MR) is 243 cm³/mol. The number of esters is 1. The minimum Gasteiger partial charge on any atom is -0.469 e. The molecule has 0 unspecified atom stereocenters. The Morgan fingerprint density at radius 2 is 0.862 bits per heavy atom. The molecule has 1 amide bonds. The van der Waals surface area contributed by atoms with Gasteiger partial charge in [0.2, 0.25) is 5.91 Å². The summed E-state index contributed by atoms with van der Waals surface area (Å²) in [5, 5.41) is 3.28. The lowest BCUT2D eigenvalue weighted by atomic mass is 9.84. The van der Waals surface area contributed by atoms with Gasteiger partial charge in [0.1, 0.15) is 0 Å². The van der Waals surface area contributed by atoms with Crippen LogP contribution in [-0.2, 0) is 23.8 Å². The van der Waals surface area contributed by atoms with Crippen LogP contribution in [0.25, 0.3) is 0 Å². The quantitative estimate of drug-likeness (QED) is 0.0419. The van der Waals surface area contributed by atoms with Gasteiger partial charge in [-0.05, 0) is 52.8 Å². The highest BCUT2D eigenvalue weighted by Gasteiger charge is 2.38. The van der Waals surface area contributed by atoms with Gasteiger partial charge in [-0.3, -0.25) is 14.5 Å². The van der Waals surface area contributed by atoms with Crippen LogP contribution >= 0.6 is 23.5 Å². The third-order valence-corrected chi connectivity index (χ3v) is 13.6. The van der Waals surface area contributed by atoms with Crippen molar-refractivity contribution in [2.45, 2.75) is 35.2 Å². The maximum atomic E-state index is 13.8. The van der Waals surface area contributed by atoms with Gasteiger partial charge in [0, 0.05) is 31.0 Å². The lowest BCUT2D eigenvalue weighted by Crippen LogP contribution is -2.40. The summed E-state index contributed by atoms with van der Waals surface area (Å²) in [5.41, 5.74) is 7.28. The summed E-state index contributed by atoms with van der Waals surface area (Å²) in [4.78, 5) is 27.9. The largest absolute Gasteiger partial charge is 0.469 e. The van der Waals surface area contributed by atoms with Crippen LogP contribution in [-0.4, -0.2) is 61.6 Å². The highest BCUT2D eigenvalue weighted by molar-refractivity contribution is 8.00. The average Bonchev–Trinajstić information content (AvgIpc) is 3.29. The fraction of sp³-hybridized carbons (Fsp3) is 0.255. The molecule has 298 valence electrons. The van der Waals surface area contributed by atoms with Crippen LogP contribution in [0.3, 0.4) is 0 Å². The van der Waals surface area contributed by atoms with Gasteiger partial charge in [-0.25, -0.2) is 0 Å². The van der Waals surface area contributed by atoms with Crippen LogP contribution in [0.2, 0.25) is 0 Å². The molecule has 0 saturated carbocycles. The summed E-state index contributed by atoms with van der Waals surface area (Å²) in [5.74, 6) is 1.37. The number of amides is 1. The van der Waals surface area contributed by atoms with Crippen molar-refractivity contribution in [1.82, 2.24) is 10.2 Å². The fourth-order valence-electron chi connectivity index (χ4n) is 7.67. The van der Waals surface area contributed by atoms with E-state index in [4.69, 9.17) is 4.74 Å². The van der Waals surface area contributed by atoms with Gasteiger partial charge in [0.15, 0.2) is 0 Å². The molecular formula is C51H54N2O3S2. The second-order valence-electron chi connectivity index (χ2n) is 14.3. The lowest BCUT2D eigenvalue weighted by molar-refractivity contribution is -0.140. The molecule has 0 aliphatic heterocycles. The SMILES string of the molecule is COC(=O)CCCCCN(CCSC(c1ccccc1)(c1ccccc1)c1ccccc1)CC(=O)NCCSC(c1ccccc1)(c1ccccc1)c1ccccc1. The zero-order valence-corrected chi connectivity index (χ0v) is 35.0. The third kappa shape index (κ3) is 10.9. The van der Waals surface area contributed by atoms with E-state index in [2.05, 4.69) is 192 Å². The summed E-state index contributed by atoms with van der Waals surface area (Å²) in [6, 6.07) is 64.2. The number of carbonyl (C=O) groups is 2. The highest BCUT2D eigenvalue weighted by Crippen LogP contribution is 2.49. The molecule has 0 heterocycles. The number of nitrogens with zero attached hydrogens (tertiary/aromatic N) is 1. The van der Waals surface area contributed by atoms with E-state index in [9.17, 15) is 9.59 Å². The van der Waals surface area contributed by atoms with E-state index >= 15 is 0 Å². The van der Waals surface area contributed by atoms with Gasteiger partial charge in [-0.1, -0.05) is 188 Å². The first-order chi connectivity index (χ1) is 28.6. The summed E-state index contributed by atoms with van der Waals surface area (Å²) >= 11 is 3.77. The molecule has 6 rings (SSSR count). The fourth-order valence-corrected chi connectivity index (χ4v) is 10.7. The molecule has 5 nitrogen and oxygen atoms in total. The van der Waals surface area contributed by atoms with Crippen molar-refractivity contribution in [1.29, 1.82) is 0 Å². The van der Waals surface area contributed by atoms with E-state index in [1.165, 1.54) is 40.5 Å². The Kier molecular flexibility index (Phi) is 16.3. The zero-order chi connectivity index (χ0) is 40.3. The molecule has 0 aromatic heterocycles. The molecule has 0 atom stereocenters. The van der Waals surface area contributed by atoms with E-state index in [1.54, 1.807) is 0 Å². The zero-order valence-electron chi connectivity index (χ0n) is 33.4. The molecule has 0 saturated heterocycles. The topological polar surface area (TPSA) is 58.6 Å². The number of thioether (sulfide) groups is 2. The normalized spacial score (nSPS) is 11.6. The molecule has 0 spiro atoms. The standard InChI is InChI=1S/C51H54N2O3S2/c1-56-49(55)35-21-8-22-37-53(38-40-58-51(45-29-15-5-16-30-45,46-31-17-6-18-32-46)47-33-19-7-20-34-47)41-48(54)52-36-39-57-50(42-23-9-2-10-24-42,43-25-11-3-12-26-43)44-27-13-4-14-28-44/h2-7,9-20,23-34H,8,21-22,35-41H2,1H3,(H,52,54). The number of ether oxygens (including phenoxy) is 1. The maximum absolute atomic E-state index is 13.8. The van der Waals surface area contributed by atoms with Gasteiger partial charge in [-0.15, -0.1) is 23.5 Å². The van der Waals surface area contributed by atoms with E-state index in [0.29, 0.717) is 19.5 Å². The van der Waals surface area contributed by atoms with Crippen molar-refractivity contribution in [3.05, 3.63) is 215 Å². The van der Waals surface area contributed by atoms with Gasteiger partial charge in [0.05, 0.1) is 23.1 Å². The van der Waals surface area contributed by atoms with Crippen molar-refractivity contribution in [2.24, 2.45) is 0 Å². The second-order valence-corrected chi connectivity index (χ2v) is 16.9. The summed E-state index contributed by atoms with van der Waals surface area (Å²) in [6.45, 7) is 2.34. The molecule has 0 bridgehead atoms.